The zero-order valence-electron chi connectivity index (χ0n) is 23.1. The minimum atomic E-state index is -4.14. The number of halogens is 1. The minimum Gasteiger partial charge on any atom is -0.352 e. The Hall–Kier alpha value is -3.36. The third-order valence-corrected chi connectivity index (χ3v) is 9.48. The Kier molecular flexibility index (Phi) is 9.53. The predicted molar refractivity (Wildman–Crippen MR) is 159 cm³/mol. The van der Waals surface area contributed by atoms with Gasteiger partial charge in [-0.15, -0.1) is 0 Å². The summed E-state index contributed by atoms with van der Waals surface area (Å²) in [6.45, 7) is 5.18. The maximum Gasteiger partial charge on any atom is 0.264 e. The quantitative estimate of drug-likeness (QED) is 0.336. The molecule has 0 aliphatic heterocycles. The third kappa shape index (κ3) is 7.04. The molecular weight excluding hydrogens is 546 g/mol. The summed E-state index contributed by atoms with van der Waals surface area (Å²) in [6.07, 6.45) is 3.97. The molecule has 1 saturated carbocycles. The van der Waals surface area contributed by atoms with Gasteiger partial charge in [0.05, 0.1) is 10.6 Å². The van der Waals surface area contributed by atoms with Gasteiger partial charge in [0.15, 0.2) is 0 Å². The second kappa shape index (κ2) is 12.9. The summed E-state index contributed by atoms with van der Waals surface area (Å²) in [5.41, 5.74) is 3.03. The van der Waals surface area contributed by atoms with Crippen LogP contribution in [0.25, 0.3) is 0 Å². The van der Waals surface area contributed by atoms with Gasteiger partial charge < -0.3 is 10.2 Å². The summed E-state index contributed by atoms with van der Waals surface area (Å²) in [5, 5.41) is 3.43. The van der Waals surface area contributed by atoms with E-state index in [0.29, 0.717) is 5.02 Å². The van der Waals surface area contributed by atoms with E-state index in [0.717, 1.165) is 46.7 Å². The molecule has 2 amide bonds. The van der Waals surface area contributed by atoms with Crippen molar-refractivity contribution in [2.75, 3.05) is 10.8 Å². The van der Waals surface area contributed by atoms with Crippen LogP contribution in [-0.2, 0) is 26.2 Å². The van der Waals surface area contributed by atoms with E-state index in [1.165, 1.54) is 23.1 Å². The molecule has 1 fully saturated rings. The first-order valence-corrected chi connectivity index (χ1v) is 15.4. The highest BCUT2D eigenvalue weighted by molar-refractivity contribution is 7.92. The van der Waals surface area contributed by atoms with Crippen molar-refractivity contribution in [3.05, 3.63) is 94.5 Å². The van der Waals surface area contributed by atoms with Gasteiger partial charge in [-0.1, -0.05) is 72.5 Å². The van der Waals surface area contributed by atoms with Gasteiger partial charge in [0.2, 0.25) is 11.8 Å². The summed E-state index contributed by atoms with van der Waals surface area (Å²) >= 11 is 6.23. The van der Waals surface area contributed by atoms with Crippen molar-refractivity contribution >= 4 is 39.1 Å². The van der Waals surface area contributed by atoms with Crippen LogP contribution in [0.3, 0.4) is 0 Å². The van der Waals surface area contributed by atoms with Gasteiger partial charge >= 0.3 is 0 Å². The van der Waals surface area contributed by atoms with E-state index >= 15 is 0 Å². The molecule has 0 aromatic heterocycles. The molecule has 1 aliphatic rings. The van der Waals surface area contributed by atoms with Crippen molar-refractivity contribution in [1.29, 1.82) is 0 Å². The molecule has 0 saturated heterocycles. The standard InChI is InChI=1S/C31H36ClN3O4S/c1-22-15-17-29(18-16-22)40(38,39)35(28-14-8-11-26(32)19-28)21-30(36)34(20-25-10-5-4-9-23(25)2)24(3)31(37)33-27-12-6-7-13-27/h4-5,8-11,14-19,24,27H,6-7,12-13,20-21H2,1-3H3,(H,33,37). The Balaban J connectivity index is 1.69. The number of nitrogens with zero attached hydrogens (tertiary/aromatic N) is 2. The second-order valence-corrected chi connectivity index (χ2v) is 12.7. The lowest BCUT2D eigenvalue weighted by Crippen LogP contribution is -2.52. The van der Waals surface area contributed by atoms with Gasteiger partial charge in [-0.25, -0.2) is 8.42 Å². The lowest BCUT2D eigenvalue weighted by molar-refractivity contribution is -0.139. The number of hydrogen-bond acceptors (Lipinski definition) is 4. The first-order chi connectivity index (χ1) is 19.1. The van der Waals surface area contributed by atoms with Crippen molar-refractivity contribution in [1.82, 2.24) is 10.2 Å². The summed E-state index contributed by atoms with van der Waals surface area (Å²) in [4.78, 5) is 28.9. The monoisotopic (exact) mass is 581 g/mol. The SMILES string of the molecule is Cc1ccc(S(=O)(=O)N(CC(=O)N(Cc2ccccc2C)C(C)C(=O)NC2CCCC2)c2cccc(Cl)c2)cc1. The maximum atomic E-state index is 14.0. The number of amides is 2. The first-order valence-electron chi connectivity index (χ1n) is 13.6. The normalized spacial score (nSPS) is 14.5. The number of carbonyl (C=O) groups is 2. The second-order valence-electron chi connectivity index (χ2n) is 10.4. The van der Waals surface area contributed by atoms with Crippen molar-refractivity contribution in [3.8, 4) is 0 Å². The molecule has 3 aromatic carbocycles. The third-order valence-electron chi connectivity index (χ3n) is 7.45. The van der Waals surface area contributed by atoms with Crippen LogP contribution in [0.5, 0.6) is 0 Å². The van der Waals surface area contributed by atoms with Crippen LogP contribution in [0.2, 0.25) is 5.02 Å². The fourth-order valence-electron chi connectivity index (χ4n) is 4.94. The molecule has 1 N–H and O–H groups in total. The number of nitrogens with one attached hydrogen (secondary N) is 1. The molecule has 0 heterocycles. The summed E-state index contributed by atoms with van der Waals surface area (Å²) in [7, 11) is -4.14. The van der Waals surface area contributed by atoms with E-state index in [2.05, 4.69) is 5.32 Å². The molecule has 7 nitrogen and oxygen atoms in total. The van der Waals surface area contributed by atoms with Gasteiger partial charge in [0, 0.05) is 17.6 Å². The Labute approximate surface area is 242 Å². The number of rotatable bonds is 10. The van der Waals surface area contributed by atoms with Crippen LogP contribution < -0.4 is 9.62 Å². The molecule has 9 heteroatoms. The van der Waals surface area contributed by atoms with Crippen LogP contribution in [0.4, 0.5) is 5.69 Å². The number of benzene rings is 3. The molecule has 40 heavy (non-hydrogen) atoms. The molecular formula is C31H36ClN3O4S. The molecule has 0 bridgehead atoms. The van der Waals surface area contributed by atoms with Crippen molar-refractivity contribution < 1.29 is 18.0 Å². The maximum absolute atomic E-state index is 14.0. The van der Waals surface area contributed by atoms with E-state index in [9.17, 15) is 18.0 Å². The van der Waals surface area contributed by atoms with Crippen LogP contribution in [-0.4, -0.2) is 43.8 Å². The Bertz CT molecular complexity index is 1450. The fraction of sp³-hybridized carbons (Fsp3) is 0.355. The smallest absolute Gasteiger partial charge is 0.264 e. The Morgan fingerprint density at radius 3 is 2.30 bits per heavy atom. The van der Waals surface area contributed by atoms with Crippen LogP contribution >= 0.6 is 11.6 Å². The topological polar surface area (TPSA) is 86.8 Å². The van der Waals surface area contributed by atoms with E-state index in [1.54, 1.807) is 37.3 Å². The largest absolute Gasteiger partial charge is 0.352 e. The molecule has 1 aliphatic carbocycles. The minimum absolute atomic E-state index is 0.0587. The highest BCUT2D eigenvalue weighted by Gasteiger charge is 2.33. The van der Waals surface area contributed by atoms with E-state index in [-0.39, 0.29) is 29.1 Å². The van der Waals surface area contributed by atoms with Gasteiger partial charge in [-0.3, -0.25) is 13.9 Å². The van der Waals surface area contributed by atoms with Crippen molar-refractivity contribution in [2.45, 2.75) is 70.0 Å². The number of sulfonamides is 1. The van der Waals surface area contributed by atoms with Crippen LogP contribution in [0.1, 0.15) is 49.3 Å². The van der Waals surface area contributed by atoms with Gasteiger partial charge in [-0.2, -0.15) is 0 Å². The Morgan fingerprint density at radius 2 is 1.65 bits per heavy atom. The van der Waals surface area contributed by atoms with Gasteiger partial charge in [0.1, 0.15) is 12.6 Å². The molecule has 1 atom stereocenters. The van der Waals surface area contributed by atoms with E-state index in [1.807, 2.05) is 38.1 Å². The van der Waals surface area contributed by atoms with E-state index in [4.69, 9.17) is 11.6 Å². The van der Waals surface area contributed by atoms with Crippen molar-refractivity contribution in [3.63, 3.8) is 0 Å². The van der Waals surface area contributed by atoms with Crippen LogP contribution in [0.15, 0.2) is 77.7 Å². The average Bonchev–Trinajstić information content (AvgIpc) is 3.44. The first kappa shape index (κ1) is 29.6. The average molecular weight is 582 g/mol. The molecule has 212 valence electrons. The lowest BCUT2D eigenvalue weighted by atomic mass is 10.1. The fourth-order valence-corrected chi connectivity index (χ4v) is 6.53. The number of hydrogen-bond donors (Lipinski definition) is 1. The summed E-state index contributed by atoms with van der Waals surface area (Å²) in [6, 6.07) is 19.8. The molecule has 0 spiro atoms. The van der Waals surface area contributed by atoms with Crippen LogP contribution in [0, 0.1) is 13.8 Å². The zero-order chi connectivity index (χ0) is 28.9. The summed E-state index contributed by atoms with van der Waals surface area (Å²) < 4.78 is 28.9. The number of carbonyl (C=O) groups excluding carboxylic acids is 2. The highest BCUT2D eigenvalue weighted by Crippen LogP contribution is 2.27. The highest BCUT2D eigenvalue weighted by atomic mass is 35.5. The molecule has 0 radical (unpaired) electrons. The van der Waals surface area contributed by atoms with Gasteiger partial charge in [-0.05, 0) is 75.1 Å². The molecule has 1 unspecified atom stereocenters. The number of aryl methyl sites for hydroxylation is 2. The molecule has 3 aromatic rings. The predicted octanol–water partition coefficient (Wildman–Crippen LogP) is 5.63. The molecule has 4 rings (SSSR count). The number of anilines is 1. The van der Waals surface area contributed by atoms with E-state index < -0.39 is 28.5 Å². The summed E-state index contributed by atoms with van der Waals surface area (Å²) in [5.74, 6) is -0.738. The van der Waals surface area contributed by atoms with Crippen molar-refractivity contribution in [2.24, 2.45) is 0 Å². The van der Waals surface area contributed by atoms with Gasteiger partial charge in [0.25, 0.3) is 10.0 Å². The zero-order valence-corrected chi connectivity index (χ0v) is 24.7. The lowest BCUT2D eigenvalue weighted by Gasteiger charge is -2.33. The Morgan fingerprint density at radius 1 is 0.975 bits per heavy atom.